The number of aryl methyl sites for hydroxylation is 2. The smallest absolute Gasteiger partial charge is 0.335 e. The summed E-state index contributed by atoms with van der Waals surface area (Å²) in [5.74, 6) is -0.645. The van der Waals surface area contributed by atoms with Crippen molar-refractivity contribution in [3.8, 4) is 5.75 Å². The summed E-state index contributed by atoms with van der Waals surface area (Å²) < 4.78 is 0. The number of hydrogen-bond donors (Lipinski definition) is 2. The molecule has 2 rings (SSSR count). The van der Waals surface area contributed by atoms with Crippen molar-refractivity contribution in [1.29, 1.82) is 0 Å². The van der Waals surface area contributed by atoms with Crippen molar-refractivity contribution in [2.24, 2.45) is 0 Å². The third-order valence-electron chi connectivity index (χ3n) is 3.53. The van der Waals surface area contributed by atoms with Gasteiger partial charge in [-0.05, 0) is 54.8 Å². The van der Waals surface area contributed by atoms with Crippen LogP contribution in [0.3, 0.4) is 0 Å². The Balaban J connectivity index is 2.21. The van der Waals surface area contributed by atoms with Gasteiger partial charge in [-0.3, -0.25) is 0 Å². The molecule has 0 bridgehead atoms. The van der Waals surface area contributed by atoms with Gasteiger partial charge in [-0.15, -0.1) is 0 Å². The summed E-state index contributed by atoms with van der Waals surface area (Å²) in [7, 11) is 1.97. The van der Waals surface area contributed by atoms with E-state index in [0.717, 1.165) is 22.4 Å². The second-order valence-electron chi connectivity index (χ2n) is 5.28. The molecule has 0 amide bonds. The van der Waals surface area contributed by atoms with Crippen molar-refractivity contribution in [2.45, 2.75) is 20.4 Å². The number of hydrogen-bond acceptors (Lipinski definition) is 3. The van der Waals surface area contributed by atoms with Crippen molar-refractivity contribution in [3.63, 3.8) is 0 Å². The SMILES string of the molecule is Cc1cc(CN(C)c2ccc(O)cc2C)ccc1C(=O)O. The van der Waals surface area contributed by atoms with Gasteiger partial charge in [-0.1, -0.05) is 12.1 Å². The third-order valence-corrected chi connectivity index (χ3v) is 3.53. The predicted octanol–water partition coefficient (Wildman–Crippen LogP) is 3.34. The fourth-order valence-electron chi connectivity index (χ4n) is 2.49. The fraction of sp³-hybridized carbons (Fsp3) is 0.235. The Morgan fingerprint density at radius 1 is 1.10 bits per heavy atom. The van der Waals surface area contributed by atoms with Crippen molar-refractivity contribution >= 4 is 11.7 Å². The molecule has 0 fully saturated rings. The first-order valence-electron chi connectivity index (χ1n) is 6.72. The minimum Gasteiger partial charge on any atom is -0.508 e. The number of carbonyl (C=O) groups is 1. The highest BCUT2D eigenvalue weighted by atomic mass is 16.4. The largest absolute Gasteiger partial charge is 0.508 e. The summed E-state index contributed by atoms with van der Waals surface area (Å²) in [6, 6.07) is 10.6. The third kappa shape index (κ3) is 3.34. The lowest BCUT2D eigenvalue weighted by molar-refractivity contribution is 0.0696. The number of phenols is 1. The molecule has 0 aliphatic heterocycles. The molecule has 2 aromatic rings. The number of benzene rings is 2. The number of carboxylic acid groups (broad SMARTS) is 1. The molecule has 2 N–H and O–H groups in total. The maximum Gasteiger partial charge on any atom is 0.335 e. The van der Waals surface area contributed by atoms with Crippen molar-refractivity contribution in [1.82, 2.24) is 0 Å². The molecule has 4 nitrogen and oxygen atoms in total. The van der Waals surface area contributed by atoms with Crippen LogP contribution in [-0.4, -0.2) is 23.2 Å². The molecule has 21 heavy (non-hydrogen) atoms. The van der Waals surface area contributed by atoms with E-state index < -0.39 is 5.97 Å². The Morgan fingerprint density at radius 3 is 2.38 bits per heavy atom. The van der Waals surface area contributed by atoms with Crippen LogP contribution in [0.15, 0.2) is 36.4 Å². The second kappa shape index (κ2) is 5.87. The van der Waals surface area contributed by atoms with Gasteiger partial charge in [0.25, 0.3) is 0 Å². The molecule has 0 aliphatic carbocycles. The van der Waals surface area contributed by atoms with Gasteiger partial charge in [0.2, 0.25) is 0 Å². The number of aromatic carboxylic acids is 1. The van der Waals surface area contributed by atoms with Gasteiger partial charge < -0.3 is 15.1 Å². The second-order valence-corrected chi connectivity index (χ2v) is 5.28. The van der Waals surface area contributed by atoms with Crippen LogP contribution in [0.4, 0.5) is 5.69 Å². The van der Waals surface area contributed by atoms with Gasteiger partial charge >= 0.3 is 5.97 Å². The first kappa shape index (κ1) is 14.9. The number of rotatable bonds is 4. The number of phenolic OH excluding ortho intramolecular Hbond substituents is 1. The molecule has 0 saturated heterocycles. The van der Waals surface area contributed by atoms with Crippen LogP contribution in [-0.2, 0) is 6.54 Å². The van der Waals surface area contributed by atoms with E-state index in [-0.39, 0.29) is 5.75 Å². The van der Waals surface area contributed by atoms with Crippen LogP contribution < -0.4 is 4.90 Å². The van der Waals surface area contributed by atoms with Crippen molar-refractivity contribution in [3.05, 3.63) is 58.7 Å². The van der Waals surface area contributed by atoms with E-state index in [1.165, 1.54) is 0 Å². The first-order valence-corrected chi connectivity index (χ1v) is 6.72. The van der Waals surface area contributed by atoms with E-state index in [4.69, 9.17) is 5.11 Å². The van der Waals surface area contributed by atoms with E-state index in [1.807, 2.05) is 32.2 Å². The van der Waals surface area contributed by atoms with Crippen LogP contribution >= 0.6 is 0 Å². The Morgan fingerprint density at radius 2 is 1.81 bits per heavy atom. The van der Waals surface area contributed by atoms with Crippen LogP contribution in [0, 0.1) is 13.8 Å². The van der Waals surface area contributed by atoms with Gasteiger partial charge in [-0.25, -0.2) is 4.79 Å². The van der Waals surface area contributed by atoms with Gasteiger partial charge in [0, 0.05) is 19.3 Å². The lowest BCUT2D eigenvalue weighted by atomic mass is 10.0. The lowest BCUT2D eigenvalue weighted by Crippen LogP contribution is -2.17. The Bertz CT molecular complexity index is 680. The predicted molar refractivity (Wildman–Crippen MR) is 83.1 cm³/mol. The van der Waals surface area contributed by atoms with E-state index in [2.05, 4.69) is 4.90 Å². The van der Waals surface area contributed by atoms with Gasteiger partial charge in [0.15, 0.2) is 0 Å². The van der Waals surface area contributed by atoms with Gasteiger partial charge in [-0.2, -0.15) is 0 Å². The minimum absolute atomic E-state index is 0.256. The van der Waals surface area contributed by atoms with Gasteiger partial charge in [0.1, 0.15) is 5.75 Å². The number of anilines is 1. The number of carboxylic acids is 1. The Labute approximate surface area is 124 Å². The molecule has 0 spiro atoms. The standard InChI is InChI=1S/C17H19NO3/c1-11-8-13(4-6-15(11)17(20)21)10-18(3)16-7-5-14(19)9-12(16)2/h4-9,19H,10H2,1-3H3,(H,20,21). The summed E-state index contributed by atoms with van der Waals surface area (Å²) in [5, 5.41) is 18.5. The van der Waals surface area contributed by atoms with Crippen molar-refractivity contribution < 1.29 is 15.0 Å². The fourth-order valence-corrected chi connectivity index (χ4v) is 2.49. The Hall–Kier alpha value is -2.49. The lowest BCUT2D eigenvalue weighted by Gasteiger charge is -2.22. The van der Waals surface area contributed by atoms with E-state index in [0.29, 0.717) is 12.1 Å². The van der Waals surface area contributed by atoms with E-state index >= 15 is 0 Å². The normalized spacial score (nSPS) is 10.4. The molecule has 0 aliphatic rings. The molecule has 0 saturated carbocycles. The average Bonchev–Trinajstić information content (AvgIpc) is 2.37. The molecule has 2 aromatic carbocycles. The average molecular weight is 285 g/mol. The van der Waals surface area contributed by atoms with E-state index in [9.17, 15) is 9.90 Å². The zero-order valence-corrected chi connectivity index (χ0v) is 12.4. The highest BCUT2D eigenvalue weighted by molar-refractivity contribution is 5.89. The minimum atomic E-state index is -0.901. The zero-order chi connectivity index (χ0) is 15.6. The van der Waals surface area contributed by atoms with Crippen LogP contribution in [0.25, 0.3) is 0 Å². The van der Waals surface area contributed by atoms with Gasteiger partial charge in [0.05, 0.1) is 5.56 Å². The maximum absolute atomic E-state index is 11.0. The molecule has 4 heteroatoms. The van der Waals surface area contributed by atoms with Crippen LogP contribution in [0.5, 0.6) is 5.75 Å². The van der Waals surface area contributed by atoms with E-state index in [1.54, 1.807) is 25.1 Å². The summed E-state index contributed by atoms with van der Waals surface area (Å²) in [5.41, 5.74) is 4.18. The molecular weight excluding hydrogens is 266 g/mol. The number of aromatic hydroxyl groups is 1. The molecule has 0 aromatic heterocycles. The molecule has 0 unspecified atom stereocenters. The molecule has 110 valence electrons. The topological polar surface area (TPSA) is 60.8 Å². The van der Waals surface area contributed by atoms with Crippen molar-refractivity contribution in [2.75, 3.05) is 11.9 Å². The summed E-state index contributed by atoms with van der Waals surface area (Å²) in [4.78, 5) is 13.1. The Kier molecular flexibility index (Phi) is 4.17. The quantitative estimate of drug-likeness (QED) is 0.904. The number of nitrogens with zero attached hydrogens (tertiary/aromatic N) is 1. The first-order chi connectivity index (χ1) is 9.88. The summed E-state index contributed by atoms with van der Waals surface area (Å²) in [6.07, 6.45) is 0. The molecule has 0 radical (unpaired) electrons. The van der Waals surface area contributed by atoms with Crippen LogP contribution in [0.2, 0.25) is 0 Å². The molecule has 0 atom stereocenters. The summed E-state index contributed by atoms with van der Waals surface area (Å²) in [6.45, 7) is 4.43. The van der Waals surface area contributed by atoms with Crippen LogP contribution in [0.1, 0.15) is 27.0 Å². The highest BCUT2D eigenvalue weighted by Crippen LogP contribution is 2.24. The highest BCUT2D eigenvalue weighted by Gasteiger charge is 2.10. The zero-order valence-electron chi connectivity index (χ0n) is 12.4. The monoisotopic (exact) mass is 285 g/mol. The molecule has 0 heterocycles. The summed E-state index contributed by atoms with van der Waals surface area (Å²) >= 11 is 0. The molecular formula is C17H19NO3. The maximum atomic E-state index is 11.0.